The molecule has 0 aromatic heterocycles. The van der Waals surface area contributed by atoms with E-state index in [1.54, 1.807) is 13.8 Å². The van der Waals surface area contributed by atoms with Gasteiger partial charge in [-0.1, -0.05) is 13.8 Å². The number of ketones is 1. The van der Waals surface area contributed by atoms with Crippen LogP contribution in [0.15, 0.2) is 23.3 Å². The summed E-state index contributed by atoms with van der Waals surface area (Å²) in [6.45, 7) is 5.38. The van der Waals surface area contributed by atoms with Crippen LogP contribution >= 0.6 is 0 Å². The molecule has 0 saturated heterocycles. The molecule has 4 amide bonds. The number of hydrogen-bond donors (Lipinski definition) is 0. The summed E-state index contributed by atoms with van der Waals surface area (Å²) in [5.74, 6) is -5.17. The van der Waals surface area contributed by atoms with E-state index in [1.165, 1.54) is 20.8 Å². The van der Waals surface area contributed by atoms with E-state index >= 15 is 0 Å². The molecule has 33 heavy (non-hydrogen) atoms. The minimum absolute atomic E-state index is 0.194. The van der Waals surface area contributed by atoms with Crippen molar-refractivity contribution in [1.29, 1.82) is 0 Å². The number of esters is 2. The van der Waals surface area contributed by atoms with Crippen molar-refractivity contribution in [2.75, 3.05) is 26.3 Å². The molecule has 0 fully saturated rings. The molecule has 0 saturated carbocycles. The van der Waals surface area contributed by atoms with Crippen LogP contribution in [-0.2, 0) is 43.0 Å². The van der Waals surface area contributed by atoms with Gasteiger partial charge in [0.25, 0.3) is 23.6 Å². The Balaban J connectivity index is 1.97. The highest BCUT2D eigenvalue weighted by molar-refractivity contribution is 6.17. The number of nitrogens with zero attached hydrogens (tertiary/aromatic N) is 2. The number of Topliss-reactive ketones (excluding diaryl/α,β-unsaturated/α-hetero) is 1. The van der Waals surface area contributed by atoms with Gasteiger partial charge in [0.1, 0.15) is 32.1 Å². The second-order valence-electron chi connectivity index (χ2n) is 8.51. The van der Waals surface area contributed by atoms with Crippen molar-refractivity contribution < 1.29 is 43.0 Å². The van der Waals surface area contributed by atoms with Crippen molar-refractivity contribution in [3.05, 3.63) is 23.3 Å². The number of ether oxygens (including phenoxy) is 2. The first-order chi connectivity index (χ1) is 15.3. The van der Waals surface area contributed by atoms with Crippen molar-refractivity contribution in [3.8, 4) is 0 Å². The summed E-state index contributed by atoms with van der Waals surface area (Å²) in [4.78, 5) is 85.9. The van der Waals surface area contributed by atoms with E-state index in [0.717, 1.165) is 22.0 Å². The molecule has 178 valence electrons. The molecule has 0 aromatic carbocycles. The Morgan fingerprint density at radius 2 is 1.18 bits per heavy atom. The Labute approximate surface area is 190 Å². The van der Waals surface area contributed by atoms with Crippen LogP contribution in [0.2, 0.25) is 0 Å². The zero-order chi connectivity index (χ0) is 25.1. The molecule has 0 unspecified atom stereocenters. The quantitative estimate of drug-likeness (QED) is 0.322. The molecule has 0 aromatic rings. The first kappa shape index (κ1) is 25.6. The Kier molecular flexibility index (Phi) is 7.68. The van der Waals surface area contributed by atoms with Crippen LogP contribution in [0.3, 0.4) is 0 Å². The smallest absolute Gasteiger partial charge is 0.326 e. The van der Waals surface area contributed by atoms with Gasteiger partial charge in [0, 0.05) is 29.2 Å². The number of hydrogen-bond acceptors (Lipinski definition) is 9. The van der Waals surface area contributed by atoms with Gasteiger partial charge in [0.15, 0.2) is 0 Å². The summed E-state index contributed by atoms with van der Waals surface area (Å²) in [5, 5.41) is 0. The van der Waals surface area contributed by atoms with Gasteiger partial charge in [0.2, 0.25) is 0 Å². The second kappa shape index (κ2) is 9.88. The van der Waals surface area contributed by atoms with Gasteiger partial charge in [-0.3, -0.25) is 43.4 Å². The molecular weight excluding hydrogens is 436 g/mol. The van der Waals surface area contributed by atoms with Gasteiger partial charge in [0.05, 0.1) is 5.41 Å². The lowest BCUT2D eigenvalue weighted by atomic mass is 9.82. The highest BCUT2D eigenvalue weighted by atomic mass is 16.5. The topological polar surface area (TPSA) is 144 Å². The highest BCUT2D eigenvalue weighted by Crippen LogP contribution is 2.24. The maximum Gasteiger partial charge on any atom is 0.326 e. The van der Waals surface area contributed by atoms with E-state index in [9.17, 15) is 33.6 Å². The van der Waals surface area contributed by atoms with Crippen LogP contribution in [0.4, 0.5) is 0 Å². The molecule has 0 N–H and O–H groups in total. The van der Waals surface area contributed by atoms with E-state index in [0.29, 0.717) is 0 Å². The Bertz CT molecular complexity index is 924. The fourth-order valence-corrected chi connectivity index (χ4v) is 3.28. The average molecular weight is 462 g/mol. The Morgan fingerprint density at radius 3 is 1.45 bits per heavy atom. The third kappa shape index (κ3) is 5.79. The zero-order valence-electron chi connectivity index (χ0n) is 19.1. The van der Waals surface area contributed by atoms with Gasteiger partial charge in [-0.25, -0.2) is 0 Å². The van der Waals surface area contributed by atoms with E-state index in [1.807, 2.05) is 0 Å². The molecular formula is C22H26N2O9. The maximum absolute atomic E-state index is 12.7. The number of carbonyl (C=O) groups excluding carboxylic acids is 7. The first-order valence-corrected chi connectivity index (χ1v) is 10.2. The zero-order valence-corrected chi connectivity index (χ0v) is 19.1. The average Bonchev–Trinajstić information content (AvgIpc) is 3.12. The van der Waals surface area contributed by atoms with E-state index in [4.69, 9.17) is 9.47 Å². The normalized spacial score (nSPS) is 16.4. The summed E-state index contributed by atoms with van der Waals surface area (Å²) in [7, 11) is 0. The van der Waals surface area contributed by atoms with Crippen molar-refractivity contribution >= 4 is 41.4 Å². The fourth-order valence-electron chi connectivity index (χ4n) is 3.28. The van der Waals surface area contributed by atoms with Crippen LogP contribution < -0.4 is 0 Å². The van der Waals surface area contributed by atoms with Crippen molar-refractivity contribution in [3.63, 3.8) is 0 Å². The van der Waals surface area contributed by atoms with Crippen molar-refractivity contribution in [2.24, 2.45) is 11.3 Å². The van der Waals surface area contributed by atoms with Gasteiger partial charge < -0.3 is 9.47 Å². The summed E-state index contributed by atoms with van der Waals surface area (Å²) >= 11 is 0. The lowest BCUT2D eigenvalue weighted by Gasteiger charge is -2.29. The molecule has 0 bridgehead atoms. The summed E-state index contributed by atoms with van der Waals surface area (Å²) in [5.41, 5.74) is -1.04. The second-order valence-corrected chi connectivity index (χ2v) is 8.51. The monoisotopic (exact) mass is 462 g/mol. The summed E-state index contributed by atoms with van der Waals surface area (Å²) in [6, 6.07) is 0. The molecule has 11 heteroatoms. The van der Waals surface area contributed by atoms with Crippen LogP contribution in [0.25, 0.3) is 0 Å². The molecule has 2 heterocycles. The maximum atomic E-state index is 12.7. The lowest BCUT2D eigenvalue weighted by molar-refractivity contribution is -0.163. The first-order valence-electron chi connectivity index (χ1n) is 10.2. The number of amides is 4. The third-order valence-electron chi connectivity index (χ3n) is 5.17. The van der Waals surface area contributed by atoms with Crippen molar-refractivity contribution in [1.82, 2.24) is 9.80 Å². The van der Waals surface area contributed by atoms with Crippen LogP contribution in [-0.4, -0.2) is 77.5 Å². The van der Waals surface area contributed by atoms with Crippen LogP contribution in [0, 0.1) is 11.3 Å². The molecule has 0 radical (unpaired) electrons. The highest BCUT2D eigenvalue weighted by Gasteiger charge is 2.39. The van der Waals surface area contributed by atoms with Crippen LogP contribution in [0.5, 0.6) is 0 Å². The van der Waals surface area contributed by atoms with Gasteiger partial charge in [-0.15, -0.1) is 0 Å². The predicted octanol–water partition coefficient (Wildman–Crippen LogP) is -0.0656. The van der Waals surface area contributed by atoms with Gasteiger partial charge in [-0.05, 0) is 20.8 Å². The molecule has 2 aliphatic heterocycles. The molecule has 0 spiro atoms. The SMILES string of the molecule is CC1=CC(=O)N(CC(=O)OCC(C)(COC(=O)CN2C(=O)C=C(C)C2=O)C(=O)C(C)C)C1=O. The number of carbonyl (C=O) groups is 7. The summed E-state index contributed by atoms with van der Waals surface area (Å²) < 4.78 is 10.3. The Morgan fingerprint density at radius 1 is 0.818 bits per heavy atom. The van der Waals surface area contributed by atoms with E-state index in [-0.39, 0.29) is 16.9 Å². The number of imide groups is 2. The van der Waals surface area contributed by atoms with E-state index < -0.39 is 73.2 Å². The van der Waals surface area contributed by atoms with Gasteiger partial charge in [-0.2, -0.15) is 0 Å². The van der Waals surface area contributed by atoms with Crippen LogP contribution in [0.1, 0.15) is 34.6 Å². The molecule has 11 nitrogen and oxygen atoms in total. The number of rotatable bonds is 10. The van der Waals surface area contributed by atoms with E-state index in [2.05, 4.69) is 0 Å². The minimum atomic E-state index is -1.43. The minimum Gasteiger partial charge on any atom is -0.463 e. The molecule has 2 rings (SSSR count). The Hall–Kier alpha value is -3.63. The molecule has 0 aliphatic carbocycles. The lowest BCUT2D eigenvalue weighted by Crippen LogP contribution is -2.44. The largest absolute Gasteiger partial charge is 0.463 e. The van der Waals surface area contributed by atoms with Crippen molar-refractivity contribution in [2.45, 2.75) is 34.6 Å². The molecule has 2 aliphatic rings. The predicted molar refractivity (Wildman–Crippen MR) is 111 cm³/mol. The van der Waals surface area contributed by atoms with Gasteiger partial charge >= 0.3 is 11.9 Å². The molecule has 0 atom stereocenters. The third-order valence-corrected chi connectivity index (χ3v) is 5.17. The summed E-state index contributed by atoms with van der Waals surface area (Å²) in [6.07, 6.45) is 2.21. The fraction of sp³-hybridized carbons (Fsp3) is 0.500. The standard InChI is InChI=1S/C22H26N2O9/c1-12(2)19(29)22(5,10-32-17(27)8-23-15(25)6-13(3)20(23)30)11-33-18(28)9-24-16(26)7-14(4)21(24)31/h6-7,12H,8-11H2,1-5H3.